The van der Waals surface area contributed by atoms with Gasteiger partial charge in [0, 0.05) is 0 Å². The second-order valence-electron chi connectivity index (χ2n) is 6.47. The number of ether oxygens (including phenoxy) is 4. The summed E-state index contributed by atoms with van der Waals surface area (Å²) in [5.74, 6) is 0.772. The van der Waals surface area contributed by atoms with E-state index >= 15 is 0 Å². The molecule has 2 aromatic carbocycles. The Balaban J connectivity index is 1.67. The lowest BCUT2D eigenvalue weighted by atomic mass is 10.1. The average molecular weight is 399 g/mol. The molecule has 2 aromatic rings. The number of esters is 1. The van der Waals surface area contributed by atoms with Gasteiger partial charge in [-0.25, -0.2) is 4.79 Å². The van der Waals surface area contributed by atoms with Crippen LogP contribution < -0.4 is 19.1 Å². The van der Waals surface area contributed by atoms with Crippen LogP contribution in [0.2, 0.25) is 0 Å². The molecule has 0 saturated carbocycles. The topological polar surface area (TPSA) is 74.3 Å². The van der Waals surface area contributed by atoms with Crippen molar-refractivity contribution < 1.29 is 28.5 Å². The number of aryl methyl sites for hydroxylation is 1. The molecule has 0 aliphatic carbocycles. The fourth-order valence-electron chi connectivity index (χ4n) is 3.05. The maximum atomic E-state index is 12.7. The van der Waals surface area contributed by atoms with Crippen LogP contribution in [0.1, 0.15) is 29.8 Å². The number of nitrogens with zero attached hydrogens (tertiary/aromatic N) is 1. The largest absolute Gasteiger partial charge is 0.490 e. The summed E-state index contributed by atoms with van der Waals surface area (Å²) in [7, 11) is 0. The zero-order valence-electron chi connectivity index (χ0n) is 16.9. The van der Waals surface area contributed by atoms with E-state index in [2.05, 4.69) is 0 Å². The van der Waals surface area contributed by atoms with Gasteiger partial charge in [-0.15, -0.1) is 0 Å². The molecular weight excluding hydrogens is 374 g/mol. The van der Waals surface area contributed by atoms with Crippen molar-refractivity contribution in [3.8, 4) is 17.2 Å². The van der Waals surface area contributed by atoms with E-state index < -0.39 is 5.97 Å². The Morgan fingerprint density at radius 2 is 1.79 bits per heavy atom. The quantitative estimate of drug-likeness (QED) is 0.665. The summed E-state index contributed by atoms with van der Waals surface area (Å²) >= 11 is 0. The molecule has 1 aliphatic rings. The predicted molar refractivity (Wildman–Crippen MR) is 108 cm³/mol. The molecule has 1 heterocycles. The number of benzene rings is 2. The SMILES string of the molecule is CCOc1ccc(C(=O)OCC(=O)N2CCOc3ccc(C)cc32)cc1OCC. The van der Waals surface area contributed by atoms with Crippen molar-refractivity contribution in [3.63, 3.8) is 0 Å². The van der Waals surface area contributed by atoms with Crippen LogP contribution in [0.15, 0.2) is 36.4 Å². The maximum Gasteiger partial charge on any atom is 0.338 e. The van der Waals surface area contributed by atoms with Crippen LogP contribution >= 0.6 is 0 Å². The van der Waals surface area contributed by atoms with Crippen molar-refractivity contribution in [1.29, 1.82) is 0 Å². The first kappa shape index (κ1) is 20.5. The Kier molecular flexibility index (Phi) is 6.59. The molecule has 0 N–H and O–H groups in total. The fraction of sp³-hybridized carbons (Fsp3) is 0.364. The van der Waals surface area contributed by atoms with Gasteiger partial charge in [0.15, 0.2) is 18.1 Å². The third kappa shape index (κ3) is 4.80. The summed E-state index contributed by atoms with van der Waals surface area (Å²) in [6.07, 6.45) is 0. The molecular formula is C22H25NO6. The van der Waals surface area contributed by atoms with E-state index in [1.54, 1.807) is 23.1 Å². The minimum Gasteiger partial charge on any atom is -0.490 e. The summed E-state index contributed by atoms with van der Waals surface area (Å²) in [6.45, 7) is 7.03. The lowest BCUT2D eigenvalue weighted by Crippen LogP contribution is -2.40. The smallest absolute Gasteiger partial charge is 0.338 e. The first-order chi connectivity index (χ1) is 14.0. The second-order valence-corrected chi connectivity index (χ2v) is 6.47. The summed E-state index contributed by atoms with van der Waals surface area (Å²) in [6, 6.07) is 10.5. The van der Waals surface area contributed by atoms with E-state index in [0.717, 1.165) is 5.56 Å². The van der Waals surface area contributed by atoms with Gasteiger partial charge in [-0.3, -0.25) is 4.79 Å². The lowest BCUT2D eigenvalue weighted by Gasteiger charge is -2.29. The lowest BCUT2D eigenvalue weighted by molar-refractivity contribution is -0.121. The zero-order chi connectivity index (χ0) is 20.8. The number of anilines is 1. The standard InChI is InChI=1S/C22H25NO6/c1-4-26-19-9-7-16(13-20(19)27-5-2)22(25)29-14-21(24)23-10-11-28-18-8-6-15(3)12-17(18)23/h6-9,12-13H,4-5,10-11,14H2,1-3H3. The van der Waals surface area contributed by atoms with Crippen molar-refractivity contribution >= 4 is 17.6 Å². The first-order valence-electron chi connectivity index (χ1n) is 9.64. The van der Waals surface area contributed by atoms with Crippen LogP contribution in [-0.4, -0.2) is 44.8 Å². The predicted octanol–water partition coefficient (Wildman–Crippen LogP) is 3.37. The monoisotopic (exact) mass is 399 g/mol. The normalized spacial score (nSPS) is 12.6. The molecule has 0 radical (unpaired) electrons. The molecule has 0 saturated heterocycles. The van der Waals surface area contributed by atoms with Gasteiger partial charge in [-0.2, -0.15) is 0 Å². The third-order valence-corrected chi connectivity index (χ3v) is 4.38. The van der Waals surface area contributed by atoms with E-state index in [0.29, 0.717) is 54.9 Å². The number of carbonyl (C=O) groups excluding carboxylic acids is 2. The van der Waals surface area contributed by atoms with Gasteiger partial charge in [-0.05, 0) is 56.7 Å². The van der Waals surface area contributed by atoms with Crippen molar-refractivity contribution in [2.24, 2.45) is 0 Å². The summed E-state index contributed by atoms with van der Waals surface area (Å²) in [4.78, 5) is 26.7. The highest BCUT2D eigenvalue weighted by molar-refractivity contribution is 5.98. The van der Waals surface area contributed by atoms with Crippen molar-refractivity contribution in [3.05, 3.63) is 47.5 Å². The third-order valence-electron chi connectivity index (χ3n) is 4.38. The highest BCUT2D eigenvalue weighted by Gasteiger charge is 2.25. The molecule has 7 nitrogen and oxygen atoms in total. The molecule has 3 rings (SSSR count). The Bertz CT molecular complexity index is 895. The van der Waals surface area contributed by atoms with E-state index in [-0.39, 0.29) is 12.5 Å². The summed E-state index contributed by atoms with van der Waals surface area (Å²) < 4.78 is 21.9. The number of fused-ring (bicyclic) bond motifs is 1. The van der Waals surface area contributed by atoms with Crippen LogP contribution in [-0.2, 0) is 9.53 Å². The number of rotatable bonds is 7. The number of carbonyl (C=O) groups is 2. The van der Waals surface area contributed by atoms with E-state index in [4.69, 9.17) is 18.9 Å². The number of hydrogen-bond donors (Lipinski definition) is 0. The van der Waals surface area contributed by atoms with Crippen molar-refractivity contribution in [2.75, 3.05) is 37.9 Å². The average Bonchev–Trinajstić information content (AvgIpc) is 2.72. The second kappa shape index (κ2) is 9.32. The number of hydrogen-bond acceptors (Lipinski definition) is 6. The Morgan fingerprint density at radius 3 is 2.55 bits per heavy atom. The van der Waals surface area contributed by atoms with Gasteiger partial charge >= 0.3 is 5.97 Å². The fourth-order valence-corrected chi connectivity index (χ4v) is 3.05. The molecule has 0 spiro atoms. The van der Waals surface area contributed by atoms with Crippen LogP contribution in [0.3, 0.4) is 0 Å². The Morgan fingerprint density at radius 1 is 1.03 bits per heavy atom. The van der Waals surface area contributed by atoms with Gasteiger partial charge in [-0.1, -0.05) is 6.07 Å². The molecule has 1 amide bonds. The summed E-state index contributed by atoms with van der Waals surface area (Å²) in [5.41, 5.74) is 2.00. The van der Waals surface area contributed by atoms with Gasteiger partial charge in [0.05, 0.1) is 31.0 Å². The minimum atomic E-state index is -0.597. The summed E-state index contributed by atoms with van der Waals surface area (Å²) in [5, 5.41) is 0. The van der Waals surface area contributed by atoms with E-state index in [1.807, 2.05) is 39.0 Å². The molecule has 7 heteroatoms. The first-order valence-corrected chi connectivity index (χ1v) is 9.64. The molecule has 1 aliphatic heterocycles. The van der Waals surface area contributed by atoms with E-state index in [9.17, 15) is 9.59 Å². The van der Waals surface area contributed by atoms with Gasteiger partial charge in [0.2, 0.25) is 0 Å². The Hall–Kier alpha value is -3.22. The van der Waals surface area contributed by atoms with Crippen molar-refractivity contribution in [2.45, 2.75) is 20.8 Å². The van der Waals surface area contributed by atoms with Crippen molar-refractivity contribution in [1.82, 2.24) is 0 Å². The molecule has 0 atom stereocenters. The molecule has 0 bridgehead atoms. The van der Waals surface area contributed by atoms with Gasteiger partial charge < -0.3 is 23.8 Å². The molecule has 0 unspecified atom stereocenters. The maximum absolute atomic E-state index is 12.7. The van der Waals surface area contributed by atoms with Crippen LogP contribution in [0.25, 0.3) is 0 Å². The number of amides is 1. The molecule has 29 heavy (non-hydrogen) atoms. The van der Waals surface area contributed by atoms with Crippen LogP contribution in [0, 0.1) is 6.92 Å². The Labute approximate surface area is 170 Å². The molecule has 154 valence electrons. The van der Waals surface area contributed by atoms with Gasteiger partial charge in [0.1, 0.15) is 12.4 Å². The van der Waals surface area contributed by atoms with Crippen LogP contribution in [0.4, 0.5) is 5.69 Å². The van der Waals surface area contributed by atoms with E-state index in [1.165, 1.54) is 0 Å². The molecule has 0 aromatic heterocycles. The van der Waals surface area contributed by atoms with Crippen LogP contribution in [0.5, 0.6) is 17.2 Å². The highest BCUT2D eigenvalue weighted by atomic mass is 16.5. The minimum absolute atomic E-state index is 0.294. The highest BCUT2D eigenvalue weighted by Crippen LogP contribution is 2.32. The zero-order valence-corrected chi connectivity index (χ0v) is 16.9. The molecule has 0 fully saturated rings. The van der Waals surface area contributed by atoms with Gasteiger partial charge in [0.25, 0.3) is 5.91 Å².